The smallest absolute Gasteiger partial charge is 0.161 e. The summed E-state index contributed by atoms with van der Waals surface area (Å²) in [5.41, 5.74) is 4.57. The van der Waals surface area contributed by atoms with Crippen molar-refractivity contribution in [1.29, 1.82) is 0 Å². The monoisotopic (exact) mass is 286 g/mol. The summed E-state index contributed by atoms with van der Waals surface area (Å²) in [6, 6.07) is 7.28. The lowest BCUT2D eigenvalue weighted by atomic mass is 9.92. The summed E-state index contributed by atoms with van der Waals surface area (Å²) in [6.07, 6.45) is 2.42. The van der Waals surface area contributed by atoms with Crippen molar-refractivity contribution in [3.8, 4) is 28.4 Å². The Labute approximate surface area is 125 Å². The van der Waals surface area contributed by atoms with Gasteiger partial charge in [-0.2, -0.15) is 0 Å². The van der Waals surface area contributed by atoms with Gasteiger partial charge in [-0.3, -0.25) is 0 Å². The first kappa shape index (κ1) is 15.2. The molecule has 0 heterocycles. The van der Waals surface area contributed by atoms with E-state index in [1.165, 1.54) is 17.2 Å². The van der Waals surface area contributed by atoms with Crippen LogP contribution in [0.4, 0.5) is 0 Å². The van der Waals surface area contributed by atoms with Crippen molar-refractivity contribution in [2.45, 2.75) is 40.0 Å². The van der Waals surface area contributed by atoms with Gasteiger partial charge in [0, 0.05) is 17.2 Å². The van der Waals surface area contributed by atoms with Crippen LogP contribution >= 0.6 is 0 Å². The second-order valence-corrected chi connectivity index (χ2v) is 5.16. The van der Waals surface area contributed by atoms with Gasteiger partial charge in [0.25, 0.3) is 0 Å². The van der Waals surface area contributed by atoms with Crippen LogP contribution < -0.4 is 0 Å². The number of aromatic hydroxyl groups is 3. The molecule has 3 N–H and O–H groups in total. The molecule has 3 heteroatoms. The molecular formula is C18H22O3. The zero-order valence-electron chi connectivity index (χ0n) is 12.8. The predicted octanol–water partition coefficient (Wildman–Crippen LogP) is 4.16. The predicted molar refractivity (Wildman–Crippen MR) is 85.0 cm³/mol. The Hall–Kier alpha value is -2.16. The molecule has 112 valence electrons. The molecule has 21 heavy (non-hydrogen) atoms. The van der Waals surface area contributed by atoms with Crippen LogP contribution in [0.15, 0.2) is 24.3 Å². The van der Waals surface area contributed by atoms with Crippen LogP contribution in [0, 0.1) is 0 Å². The number of rotatable bonds is 4. The molecule has 0 amide bonds. The van der Waals surface area contributed by atoms with Crippen molar-refractivity contribution in [3.63, 3.8) is 0 Å². The molecular weight excluding hydrogens is 264 g/mol. The van der Waals surface area contributed by atoms with Gasteiger partial charge in [0.2, 0.25) is 0 Å². The average Bonchev–Trinajstić information content (AvgIpc) is 2.49. The van der Waals surface area contributed by atoms with Gasteiger partial charge in [-0.25, -0.2) is 0 Å². The maximum absolute atomic E-state index is 10.2. The maximum Gasteiger partial charge on any atom is 0.161 e. The quantitative estimate of drug-likeness (QED) is 0.584. The molecule has 0 radical (unpaired) electrons. The molecule has 0 aliphatic rings. The Morgan fingerprint density at radius 1 is 0.762 bits per heavy atom. The maximum atomic E-state index is 10.2. The third-order valence-corrected chi connectivity index (χ3v) is 3.97. The first-order valence-electron chi connectivity index (χ1n) is 7.42. The standard InChI is InChI=1S/C18H22O3/c1-4-11-7-8-13(9-12(11)5-2)17-14(6-3)18(21)16(20)10-15(17)19/h7-10,19-21H,4-6H2,1-3H3. The lowest BCUT2D eigenvalue weighted by Crippen LogP contribution is -1.95. The molecule has 0 fully saturated rings. The molecule has 0 bridgehead atoms. The van der Waals surface area contributed by atoms with E-state index in [-0.39, 0.29) is 17.2 Å². The van der Waals surface area contributed by atoms with Crippen molar-refractivity contribution in [3.05, 3.63) is 41.0 Å². The lowest BCUT2D eigenvalue weighted by molar-refractivity contribution is 0.393. The van der Waals surface area contributed by atoms with Crippen molar-refractivity contribution in [2.75, 3.05) is 0 Å². The second kappa shape index (κ2) is 6.08. The summed E-state index contributed by atoms with van der Waals surface area (Å²) in [6.45, 7) is 6.11. The molecule has 0 unspecified atom stereocenters. The van der Waals surface area contributed by atoms with E-state index in [4.69, 9.17) is 0 Å². The van der Waals surface area contributed by atoms with Crippen molar-refractivity contribution in [1.82, 2.24) is 0 Å². The highest BCUT2D eigenvalue weighted by molar-refractivity contribution is 5.78. The molecule has 0 saturated carbocycles. The number of phenolic OH excluding ortho intramolecular Hbond substituents is 3. The summed E-state index contributed by atoms with van der Waals surface area (Å²) >= 11 is 0. The Balaban J connectivity index is 2.69. The minimum Gasteiger partial charge on any atom is -0.507 e. The molecule has 0 saturated heterocycles. The molecule has 0 aromatic heterocycles. The number of phenols is 3. The van der Waals surface area contributed by atoms with E-state index >= 15 is 0 Å². The van der Waals surface area contributed by atoms with E-state index in [0.717, 1.165) is 18.4 Å². The molecule has 0 atom stereocenters. The number of benzene rings is 2. The second-order valence-electron chi connectivity index (χ2n) is 5.16. The Bertz CT molecular complexity index is 660. The Morgan fingerprint density at radius 3 is 2.00 bits per heavy atom. The Kier molecular flexibility index (Phi) is 4.41. The third-order valence-electron chi connectivity index (χ3n) is 3.97. The van der Waals surface area contributed by atoms with E-state index in [9.17, 15) is 15.3 Å². The SMILES string of the molecule is CCc1ccc(-c2c(O)cc(O)c(O)c2CC)cc1CC. The Morgan fingerprint density at radius 2 is 1.43 bits per heavy atom. The average molecular weight is 286 g/mol. The molecule has 2 rings (SSSR count). The fourth-order valence-electron chi connectivity index (χ4n) is 2.82. The molecule has 2 aromatic rings. The van der Waals surface area contributed by atoms with E-state index < -0.39 is 0 Å². The zero-order valence-corrected chi connectivity index (χ0v) is 12.8. The van der Waals surface area contributed by atoms with E-state index in [1.54, 1.807) is 0 Å². The molecule has 3 nitrogen and oxygen atoms in total. The number of hydrogen-bond acceptors (Lipinski definition) is 3. The van der Waals surface area contributed by atoms with Crippen LogP contribution in [-0.2, 0) is 19.3 Å². The van der Waals surface area contributed by atoms with Gasteiger partial charge >= 0.3 is 0 Å². The molecule has 2 aromatic carbocycles. The first-order valence-corrected chi connectivity index (χ1v) is 7.42. The zero-order chi connectivity index (χ0) is 15.6. The topological polar surface area (TPSA) is 60.7 Å². The number of aryl methyl sites for hydroxylation is 2. The van der Waals surface area contributed by atoms with Crippen molar-refractivity contribution < 1.29 is 15.3 Å². The van der Waals surface area contributed by atoms with Gasteiger partial charge in [0.05, 0.1) is 0 Å². The fraction of sp³-hybridized carbons (Fsp3) is 0.333. The van der Waals surface area contributed by atoms with Crippen LogP contribution in [-0.4, -0.2) is 15.3 Å². The van der Waals surface area contributed by atoms with Gasteiger partial charge in [-0.05, 0) is 36.0 Å². The summed E-state index contributed by atoms with van der Waals surface area (Å²) < 4.78 is 0. The summed E-state index contributed by atoms with van der Waals surface area (Å²) in [7, 11) is 0. The lowest BCUT2D eigenvalue weighted by Gasteiger charge is -2.15. The van der Waals surface area contributed by atoms with Crippen LogP contribution in [0.3, 0.4) is 0 Å². The van der Waals surface area contributed by atoms with Crippen LogP contribution in [0.5, 0.6) is 17.2 Å². The molecule has 0 spiro atoms. The molecule has 0 aliphatic heterocycles. The minimum atomic E-state index is -0.283. The minimum absolute atomic E-state index is 0.00606. The highest BCUT2D eigenvalue weighted by atomic mass is 16.3. The first-order chi connectivity index (χ1) is 10.0. The van der Waals surface area contributed by atoms with E-state index in [1.807, 2.05) is 13.0 Å². The summed E-state index contributed by atoms with van der Waals surface area (Å²) in [4.78, 5) is 0. The van der Waals surface area contributed by atoms with Crippen molar-refractivity contribution in [2.24, 2.45) is 0 Å². The normalized spacial score (nSPS) is 10.8. The van der Waals surface area contributed by atoms with Crippen molar-refractivity contribution >= 4 is 0 Å². The largest absolute Gasteiger partial charge is 0.507 e. The van der Waals surface area contributed by atoms with Crippen LogP contribution in [0.1, 0.15) is 37.5 Å². The number of hydrogen-bond donors (Lipinski definition) is 3. The molecule has 0 aliphatic carbocycles. The van der Waals surface area contributed by atoms with E-state index in [0.29, 0.717) is 17.5 Å². The van der Waals surface area contributed by atoms with Crippen LogP contribution in [0.25, 0.3) is 11.1 Å². The fourth-order valence-corrected chi connectivity index (χ4v) is 2.82. The summed E-state index contributed by atoms with van der Waals surface area (Å²) in [5, 5.41) is 29.9. The summed E-state index contributed by atoms with van der Waals surface area (Å²) in [5.74, 6) is -0.439. The van der Waals surface area contributed by atoms with Gasteiger partial charge in [-0.1, -0.05) is 39.0 Å². The van der Waals surface area contributed by atoms with Gasteiger partial charge < -0.3 is 15.3 Å². The highest BCUT2D eigenvalue weighted by Gasteiger charge is 2.18. The van der Waals surface area contributed by atoms with Gasteiger partial charge in [-0.15, -0.1) is 0 Å². The van der Waals surface area contributed by atoms with Crippen LogP contribution in [0.2, 0.25) is 0 Å². The third kappa shape index (κ3) is 2.68. The highest BCUT2D eigenvalue weighted by Crippen LogP contribution is 2.43. The van der Waals surface area contributed by atoms with E-state index in [2.05, 4.69) is 26.0 Å². The van der Waals surface area contributed by atoms with Gasteiger partial charge in [0.15, 0.2) is 11.5 Å². The van der Waals surface area contributed by atoms with Gasteiger partial charge in [0.1, 0.15) is 5.75 Å².